The molecule has 134 valence electrons. The first kappa shape index (κ1) is 16.7. The van der Waals surface area contributed by atoms with Crippen LogP contribution in [0.15, 0.2) is 12.2 Å². The first-order valence-corrected chi connectivity index (χ1v) is 10.4. The minimum atomic E-state index is -0.115. The number of hydrogen-bond acceptors (Lipinski definition) is 1. The van der Waals surface area contributed by atoms with E-state index in [-0.39, 0.29) is 5.91 Å². The molecule has 2 heteroatoms. The van der Waals surface area contributed by atoms with Crippen LogP contribution >= 0.6 is 0 Å². The summed E-state index contributed by atoms with van der Waals surface area (Å²) in [6.45, 7) is 5.13. The van der Waals surface area contributed by atoms with E-state index in [9.17, 15) is 4.79 Å². The van der Waals surface area contributed by atoms with E-state index in [1.807, 2.05) is 0 Å². The molecule has 4 aliphatic carbocycles. The summed E-state index contributed by atoms with van der Waals surface area (Å²) in [6, 6.07) is 0. The van der Waals surface area contributed by atoms with Gasteiger partial charge in [0, 0.05) is 6.42 Å². The Hall–Kier alpha value is -0.790. The lowest BCUT2D eigenvalue weighted by Crippen LogP contribution is -2.51. The molecule has 0 aliphatic heterocycles. The van der Waals surface area contributed by atoms with E-state index in [0.717, 1.165) is 36.0 Å². The Morgan fingerprint density at radius 2 is 1.92 bits per heavy atom. The van der Waals surface area contributed by atoms with E-state index >= 15 is 0 Å². The molecule has 24 heavy (non-hydrogen) atoms. The average Bonchev–Trinajstić information content (AvgIpc) is 2.89. The highest BCUT2D eigenvalue weighted by atomic mass is 16.1. The minimum Gasteiger partial charge on any atom is -0.370 e. The van der Waals surface area contributed by atoms with Gasteiger partial charge in [-0.1, -0.05) is 26.0 Å². The lowest BCUT2D eigenvalue weighted by Gasteiger charge is -2.59. The van der Waals surface area contributed by atoms with Crippen LogP contribution in [-0.4, -0.2) is 5.91 Å². The van der Waals surface area contributed by atoms with Crippen molar-refractivity contribution in [2.45, 2.75) is 78.1 Å². The smallest absolute Gasteiger partial charge is 0.217 e. The number of amides is 1. The molecule has 0 heterocycles. The van der Waals surface area contributed by atoms with E-state index in [1.54, 1.807) is 0 Å². The van der Waals surface area contributed by atoms with Gasteiger partial charge in [-0.05, 0) is 98.2 Å². The normalized spacial score (nSPS) is 50.0. The molecule has 0 radical (unpaired) electrons. The standard InChI is InChI=1S/C22H35NO/c1-21-13-4-3-5-15(21)6-9-17-18-10-7-16(8-11-20(23)24)22(18,2)14-12-19(17)21/h4,13,15-19H,3,5-12,14H2,1-2H3,(H2,23,24)/t15?,16-,17+,18+,19+,21+,22-/m1/s1. The van der Waals surface area contributed by atoms with Crippen LogP contribution in [0.1, 0.15) is 78.1 Å². The summed E-state index contributed by atoms with van der Waals surface area (Å²) in [5.74, 6) is 4.26. The molecular formula is C22H35NO. The number of primary amides is 1. The van der Waals surface area contributed by atoms with Gasteiger partial charge in [-0.25, -0.2) is 0 Å². The van der Waals surface area contributed by atoms with Gasteiger partial charge in [-0.15, -0.1) is 0 Å². The lowest BCUT2D eigenvalue weighted by molar-refractivity contribution is -0.118. The average molecular weight is 330 g/mol. The second-order valence-corrected chi connectivity index (χ2v) is 9.82. The zero-order chi connectivity index (χ0) is 16.9. The van der Waals surface area contributed by atoms with Gasteiger partial charge in [0.1, 0.15) is 0 Å². The first-order chi connectivity index (χ1) is 11.4. The fraction of sp³-hybridized carbons (Fsp3) is 0.864. The molecule has 1 amide bonds. The van der Waals surface area contributed by atoms with Gasteiger partial charge in [-0.3, -0.25) is 4.79 Å². The monoisotopic (exact) mass is 329 g/mol. The summed E-state index contributed by atoms with van der Waals surface area (Å²) in [7, 11) is 0. The maximum atomic E-state index is 11.3. The number of carbonyl (C=O) groups is 1. The third-order valence-electron chi connectivity index (χ3n) is 9.06. The van der Waals surface area contributed by atoms with Crippen molar-refractivity contribution in [3.63, 3.8) is 0 Å². The van der Waals surface area contributed by atoms with Crippen molar-refractivity contribution in [2.75, 3.05) is 0 Å². The quantitative estimate of drug-likeness (QED) is 0.721. The molecule has 0 aromatic heterocycles. The van der Waals surface area contributed by atoms with Crippen molar-refractivity contribution < 1.29 is 4.79 Å². The zero-order valence-corrected chi connectivity index (χ0v) is 15.6. The minimum absolute atomic E-state index is 0.115. The molecule has 3 saturated carbocycles. The summed E-state index contributed by atoms with van der Waals surface area (Å²) in [6.07, 6.45) is 17.8. The number of fused-ring (bicyclic) bond motifs is 5. The van der Waals surface area contributed by atoms with Crippen molar-refractivity contribution in [3.05, 3.63) is 12.2 Å². The summed E-state index contributed by atoms with van der Waals surface area (Å²) in [5, 5.41) is 0. The Labute approximate surface area is 147 Å². The maximum absolute atomic E-state index is 11.3. The Balaban J connectivity index is 1.56. The van der Waals surface area contributed by atoms with E-state index in [2.05, 4.69) is 26.0 Å². The zero-order valence-electron chi connectivity index (χ0n) is 15.6. The number of nitrogens with two attached hydrogens (primary N) is 1. The molecule has 4 aliphatic rings. The van der Waals surface area contributed by atoms with Crippen LogP contribution in [0.4, 0.5) is 0 Å². The molecule has 4 rings (SSSR count). The summed E-state index contributed by atoms with van der Waals surface area (Å²) in [4.78, 5) is 11.3. The van der Waals surface area contributed by atoms with E-state index in [4.69, 9.17) is 5.73 Å². The predicted molar refractivity (Wildman–Crippen MR) is 98.2 cm³/mol. The molecule has 3 fully saturated rings. The van der Waals surface area contributed by atoms with Gasteiger partial charge >= 0.3 is 0 Å². The van der Waals surface area contributed by atoms with Gasteiger partial charge in [-0.2, -0.15) is 0 Å². The SMILES string of the molecule is C[C@]12CC[C@H]3[C@@H](CCC4CCC=C[C@@]43C)[C@@H]1CC[C@@H]2CCC(N)=O. The number of hydrogen-bond donors (Lipinski definition) is 1. The Morgan fingerprint density at radius 1 is 1.08 bits per heavy atom. The summed E-state index contributed by atoms with van der Waals surface area (Å²) >= 11 is 0. The van der Waals surface area contributed by atoms with Gasteiger partial charge in [0.05, 0.1) is 0 Å². The summed E-state index contributed by atoms with van der Waals surface area (Å²) < 4.78 is 0. The molecule has 2 nitrogen and oxygen atoms in total. The number of rotatable bonds is 3. The molecule has 0 bridgehead atoms. The third-order valence-corrected chi connectivity index (χ3v) is 9.06. The molecule has 2 N–H and O–H groups in total. The highest BCUT2D eigenvalue weighted by molar-refractivity contribution is 5.73. The van der Waals surface area contributed by atoms with Crippen molar-refractivity contribution in [1.82, 2.24) is 0 Å². The molecule has 0 aromatic carbocycles. The van der Waals surface area contributed by atoms with Crippen LogP contribution in [0.5, 0.6) is 0 Å². The van der Waals surface area contributed by atoms with Crippen LogP contribution in [0.25, 0.3) is 0 Å². The predicted octanol–water partition coefficient (Wildman–Crippen LogP) is 5.08. The van der Waals surface area contributed by atoms with Crippen molar-refractivity contribution in [3.8, 4) is 0 Å². The fourth-order valence-electron chi connectivity index (χ4n) is 7.72. The van der Waals surface area contributed by atoms with Crippen LogP contribution < -0.4 is 5.73 Å². The van der Waals surface area contributed by atoms with Crippen molar-refractivity contribution in [1.29, 1.82) is 0 Å². The van der Waals surface area contributed by atoms with Gasteiger partial charge in [0.2, 0.25) is 5.91 Å². The van der Waals surface area contributed by atoms with Gasteiger partial charge < -0.3 is 5.73 Å². The molecule has 0 saturated heterocycles. The Morgan fingerprint density at radius 3 is 2.71 bits per heavy atom. The second kappa shape index (κ2) is 5.88. The van der Waals surface area contributed by atoms with Gasteiger partial charge in [0.25, 0.3) is 0 Å². The van der Waals surface area contributed by atoms with E-state index in [1.165, 1.54) is 51.4 Å². The Bertz CT molecular complexity index is 540. The largest absolute Gasteiger partial charge is 0.370 e. The van der Waals surface area contributed by atoms with Crippen LogP contribution in [-0.2, 0) is 4.79 Å². The van der Waals surface area contributed by atoms with Crippen molar-refractivity contribution in [2.24, 2.45) is 46.2 Å². The van der Waals surface area contributed by atoms with Crippen LogP contribution in [0, 0.1) is 40.4 Å². The van der Waals surface area contributed by atoms with Crippen molar-refractivity contribution >= 4 is 5.91 Å². The highest BCUT2D eigenvalue weighted by Gasteiger charge is 2.58. The molecule has 0 spiro atoms. The van der Waals surface area contributed by atoms with Crippen LogP contribution in [0.2, 0.25) is 0 Å². The molecule has 7 atom stereocenters. The van der Waals surface area contributed by atoms with Crippen LogP contribution in [0.3, 0.4) is 0 Å². The fourth-order valence-corrected chi connectivity index (χ4v) is 7.72. The number of allylic oxidation sites excluding steroid dienone is 2. The molecule has 0 aromatic rings. The molecular weight excluding hydrogens is 294 g/mol. The highest BCUT2D eigenvalue weighted by Crippen LogP contribution is 2.67. The topological polar surface area (TPSA) is 43.1 Å². The van der Waals surface area contributed by atoms with Gasteiger partial charge in [0.15, 0.2) is 0 Å². The number of carbonyl (C=O) groups excluding carboxylic acids is 1. The lowest BCUT2D eigenvalue weighted by atomic mass is 9.46. The second-order valence-electron chi connectivity index (χ2n) is 9.82. The first-order valence-electron chi connectivity index (χ1n) is 10.4. The third kappa shape index (κ3) is 2.39. The van der Waals surface area contributed by atoms with E-state index < -0.39 is 0 Å². The molecule has 1 unspecified atom stereocenters. The van der Waals surface area contributed by atoms with E-state index in [0.29, 0.717) is 17.3 Å². The Kier molecular flexibility index (Phi) is 4.09. The summed E-state index contributed by atoms with van der Waals surface area (Å²) in [5.41, 5.74) is 6.37. The maximum Gasteiger partial charge on any atom is 0.217 e.